The molecule has 0 amide bonds. The maximum absolute atomic E-state index is 15.1. The standard InChI is InChI=1S/C22H21FN4O4.C18H13ClFN3O3.C4H9NO/c1-3-31-22(29)17-18(28)13-12-14(23)20(26-8-10-30-11-9-26)24-19(13)27-16-7-5-4-6-15(16)25(2)21(17)27;1-3-26-18(25)13-14(24)9-8-10(20)15(19)21-16(9)23-12-7-5-4-6-11(12)22(2)17(13)23;1-3-6-4-2-5-1/h4-7,12H,3,8-11H2,1-2H3;4-8H,3H2,1-2H3;5H,1-4H2. The molecule has 0 unspecified atom stereocenters. The van der Waals surface area contributed by atoms with Gasteiger partial charge in [0, 0.05) is 40.3 Å². The summed E-state index contributed by atoms with van der Waals surface area (Å²) in [6.07, 6.45) is 0. The van der Waals surface area contributed by atoms with Crippen molar-refractivity contribution in [2.24, 2.45) is 14.1 Å². The van der Waals surface area contributed by atoms with Crippen LogP contribution >= 0.6 is 11.6 Å². The molecule has 0 radical (unpaired) electrons. The molecule has 2 fully saturated rings. The molecule has 8 aromatic rings. The van der Waals surface area contributed by atoms with Gasteiger partial charge in [-0.1, -0.05) is 35.9 Å². The van der Waals surface area contributed by atoms with Gasteiger partial charge < -0.3 is 38.3 Å². The summed E-state index contributed by atoms with van der Waals surface area (Å²) < 4.78 is 56.5. The molecule has 1 N–H and O–H groups in total. The van der Waals surface area contributed by atoms with Gasteiger partial charge in [0.2, 0.25) is 10.9 Å². The Morgan fingerprint density at radius 3 is 1.59 bits per heavy atom. The van der Waals surface area contributed by atoms with Crippen molar-refractivity contribution in [3.8, 4) is 0 Å². The fraction of sp³-hybridized carbons (Fsp3) is 0.318. The second-order valence-corrected chi connectivity index (χ2v) is 14.9. The van der Waals surface area contributed by atoms with E-state index in [1.54, 1.807) is 50.8 Å². The number of carbonyl (C=O) groups is 2. The number of nitrogens with zero attached hydrogens (tertiary/aromatic N) is 7. The summed E-state index contributed by atoms with van der Waals surface area (Å²) in [7, 11) is 3.51. The average Bonchev–Trinajstić information content (AvgIpc) is 3.76. The van der Waals surface area contributed by atoms with Gasteiger partial charge in [-0.2, -0.15) is 0 Å². The highest BCUT2D eigenvalue weighted by molar-refractivity contribution is 6.30. The lowest BCUT2D eigenvalue weighted by Gasteiger charge is -2.28. The van der Waals surface area contributed by atoms with E-state index in [0.717, 1.165) is 48.9 Å². The Morgan fingerprint density at radius 1 is 0.698 bits per heavy atom. The number of esters is 2. The van der Waals surface area contributed by atoms with E-state index in [1.165, 1.54) is 6.07 Å². The minimum atomic E-state index is -0.828. The minimum Gasteiger partial charge on any atom is -0.462 e. The molecule has 0 bridgehead atoms. The van der Waals surface area contributed by atoms with Crippen LogP contribution in [0.1, 0.15) is 34.6 Å². The number of ether oxygens (including phenoxy) is 4. The maximum atomic E-state index is 15.1. The summed E-state index contributed by atoms with van der Waals surface area (Å²) in [4.78, 5) is 62.1. The second kappa shape index (κ2) is 18.1. The predicted molar refractivity (Wildman–Crippen MR) is 234 cm³/mol. The summed E-state index contributed by atoms with van der Waals surface area (Å²) in [5.41, 5.74) is 2.65. The largest absolute Gasteiger partial charge is 0.462 e. The zero-order chi connectivity index (χ0) is 44.5. The maximum Gasteiger partial charge on any atom is 0.345 e. The third kappa shape index (κ3) is 7.72. The van der Waals surface area contributed by atoms with E-state index in [-0.39, 0.29) is 51.7 Å². The molecular formula is C44H43ClF2N8O8. The van der Waals surface area contributed by atoms with E-state index in [2.05, 4.69) is 15.3 Å². The van der Waals surface area contributed by atoms with Crippen LogP contribution in [-0.4, -0.2) is 106 Å². The number of imidazole rings is 2. The Morgan fingerprint density at radius 2 is 1.14 bits per heavy atom. The Labute approximate surface area is 362 Å². The van der Waals surface area contributed by atoms with Crippen LogP contribution < -0.4 is 21.1 Å². The van der Waals surface area contributed by atoms with Crippen molar-refractivity contribution in [2.75, 3.05) is 70.7 Å². The van der Waals surface area contributed by atoms with Crippen molar-refractivity contribution < 1.29 is 37.3 Å². The number of carbonyl (C=O) groups excluding carboxylic acids is 2. The number of benzene rings is 2. The summed E-state index contributed by atoms with van der Waals surface area (Å²) in [5.74, 6) is -2.78. The first kappa shape index (κ1) is 43.2. The van der Waals surface area contributed by atoms with Gasteiger partial charge in [-0.25, -0.2) is 28.3 Å². The lowest BCUT2D eigenvalue weighted by Crippen LogP contribution is -2.37. The van der Waals surface area contributed by atoms with Crippen molar-refractivity contribution in [1.82, 2.24) is 33.2 Å². The fourth-order valence-corrected chi connectivity index (χ4v) is 8.11. The summed E-state index contributed by atoms with van der Waals surface area (Å²) in [6, 6.07) is 17.0. The molecule has 2 saturated heterocycles. The number of aryl methyl sites for hydroxylation is 2. The van der Waals surface area contributed by atoms with Crippen LogP contribution in [0.4, 0.5) is 14.6 Å². The Kier molecular flexibility index (Phi) is 12.4. The third-order valence-electron chi connectivity index (χ3n) is 10.8. The van der Waals surface area contributed by atoms with Crippen LogP contribution in [-0.2, 0) is 33.0 Å². The molecule has 2 aliphatic rings. The molecule has 0 saturated carbocycles. The predicted octanol–water partition coefficient (Wildman–Crippen LogP) is 5.41. The quantitative estimate of drug-likeness (QED) is 0.173. The monoisotopic (exact) mass is 884 g/mol. The second-order valence-electron chi connectivity index (χ2n) is 14.5. The number of hydrogen-bond acceptors (Lipinski definition) is 12. The molecule has 0 spiro atoms. The minimum absolute atomic E-state index is 0.0337. The Balaban J connectivity index is 0.000000154. The van der Waals surface area contributed by atoms with Crippen LogP contribution in [0.15, 0.2) is 70.3 Å². The van der Waals surface area contributed by atoms with Crippen molar-refractivity contribution >= 4 is 84.8 Å². The van der Waals surface area contributed by atoms with E-state index in [4.69, 9.17) is 30.5 Å². The van der Waals surface area contributed by atoms with E-state index in [9.17, 15) is 23.6 Å². The molecule has 16 nitrogen and oxygen atoms in total. The van der Waals surface area contributed by atoms with Gasteiger partial charge in [0.1, 0.15) is 22.4 Å². The number of rotatable bonds is 5. The first-order valence-corrected chi connectivity index (χ1v) is 20.7. The SMILES string of the molecule is C1COCCN1.CCOC(=O)c1c(=O)c2cc(F)c(Cl)nc2n2c3ccccc3n(C)c12.CCOC(=O)c1c(=O)c2cc(F)c(N3CCOCC3)nc2n2c3ccccc3n(C)c12. The topological polar surface area (TPSA) is 165 Å². The number of pyridine rings is 4. The molecule has 19 heteroatoms. The van der Waals surface area contributed by atoms with E-state index in [0.29, 0.717) is 48.8 Å². The molecule has 2 aromatic carbocycles. The molecule has 10 rings (SSSR count). The number of para-hydroxylation sites is 4. The van der Waals surface area contributed by atoms with Gasteiger partial charge in [-0.15, -0.1) is 0 Å². The Bertz CT molecular complexity index is 3200. The van der Waals surface area contributed by atoms with Gasteiger partial charge >= 0.3 is 11.9 Å². The summed E-state index contributed by atoms with van der Waals surface area (Å²) >= 11 is 5.85. The number of morpholine rings is 2. The van der Waals surface area contributed by atoms with Gasteiger partial charge in [0.15, 0.2) is 33.9 Å². The van der Waals surface area contributed by atoms with Crippen molar-refractivity contribution in [1.29, 1.82) is 0 Å². The lowest BCUT2D eigenvalue weighted by molar-refractivity contribution is 0.0517. The normalized spacial score (nSPS) is 14.2. The highest BCUT2D eigenvalue weighted by atomic mass is 35.5. The number of hydrogen-bond donors (Lipinski definition) is 1. The van der Waals surface area contributed by atoms with Crippen LogP contribution in [0.2, 0.25) is 5.15 Å². The van der Waals surface area contributed by atoms with Crippen molar-refractivity contribution in [3.05, 3.63) is 109 Å². The van der Waals surface area contributed by atoms with Crippen LogP contribution in [0, 0.1) is 11.6 Å². The van der Waals surface area contributed by atoms with E-state index < -0.39 is 34.4 Å². The number of halogens is 3. The molecule has 6 aromatic heterocycles. The van der Waals surface area contributed by atoms with E-state index in [1.807, 2.05) is 48.5 Å². The third-order valence-corrected chi connectivity index (χ3v) is 11.1. The fourth-order valence-electron chi connectivity index (χ4n) is 7.98. The Hall–Kier alpha value is -6.47. The van der Waals surface area contributed by atoms with Crippen LogP contribution in [0.5, 0.6) is 0 Å². The number of fused-ring (bicyclic) bond motifs is 10. The molecule has 0 atom stereocenters. The van der Waals surface area contributed by atoms with Crippen LogP contribution in [0.25, 0.3) is 55.4 Å². The molecule has 2 aliphatic heterocycles. The zero-order valence-electron chi connectivity index (χ0n) is 34.9. The van der Waals surface area contributed by atoms with Gasteiger partial charge in [-0.3, -0.25) is 18.4 Å². The van der Waals surface area contributed by atoms with Gasteiger partial charge in [-0.05, 0) is 50.2 Å². The number of anilines is 1. The van der Waals surface area contributed by atoms with Gasteiger partial charge in [0.25, 0.3) is 0 Å². The molecule has 8 heterocycles. The highest BCUT2D eigenvalue weighted by Gasteiger charge is 2.28. The summed E-state index contributed by atoms with van der Waals surface area (Å²) in [5, 5.41) is 2.81. The summed E-state index contributed by atoms with van der Waals surface area (Å²) in [6.45, 7) is 9.35. The molecule has 63 heavy (non-hydrogen) atoms. The number of nitrogens with one attached hydrogen (secondary N) is 1. The van der Waals surface area contributed by atoms with Crippen LogP contribution in [0.3, 0.4) is 0 Å². The average molecular weight is 885 g/mol. The van der Waals surface area contributed by atoms with Gasteiger partial charge in [0.05, 0.1) is 72.5 Å². The first-order valence-electron chi connectivity index (χ1n) is 20.3. The van der Waals surface area contributed by atoms with E-state index >= 15 is 4.39 Å². The van der Waals surface area contributed by atoms with Crippen molar-refractivity contribution in [3.63, 3.8) is 0 Å². The molecule has 0 aliphatic carbocycles. The number of aromatic nitrogens is 6. The highest BCUT2D eigenvalue weighted by Crippen LogP contribution is 2.30. The molecular weight excluding hydrogens is 842 g/mol. The smallest absolute Gasteiger partial charge is 0.345 e. The van der Waals surface area contributed by atoms with Crippen molar-refractivity contribution in [2.45, 2.75) is 13.8 Å². The zero-order valence-corrected chi connectivity index (χ0v) is 35.6. The molecule has 328 valence electrons. The lowest BCUT2D eigenvalue weighted by atomic mass is 10.1. The first-order chi connectivity index (χ1) is 30.5.